The molecule has 2 unspecified atom stereocenters. The van der Waals surface area contributed by atoms with Crippen LogP contribution in [0.1, 0.15) is 24.1 Å². The lowest BCUT2D eigenvalue weighted by Gasteiger charge is -2.24. The van der Waals surface area contributed by atoms with Crippen molar-refractivity contribution in [3.8, 4) is 11.1 Å². The average molecular weight is 463 g/mol. The van der Waals surface area contributed by atoms with Gasteiger partial charge >= 0.3 is 0 Å². The molecule has 3 aromatic rings. The highest BCUT2D eigenvalue weighted by Crippen LogP contribution is 2.39. The molecule has 0 spiro atoms. The number of carbonyl (C=O) groups is 3. The van der Waals surface area contributed by atoms with Crippen LogP contribution in [0, 0.1) is 11.6 Å². The Morgan fingerprint density at radius 1 is 0.971 bits per heavy atom. The zero-order valence-corrected chi connectivity index (χ0v) is 18.6. The highest BCUT2D eigenvalue weighted by molar-refractivity contribution is 6.06. The summed E-state index contributed by atoms with van der Waals surface area (Å²) >= 11 is 0. The van der Waals surface area contributed by atoms with Gasteiger partial charge in [0.25, 0.3) is 5.91 Å². The van der Waals surface area contributed by atoms with Crippen molar-refractivity contribution in [2.24, 2.45) is 0 Å². The summed E-state index contributed by atoms with van der Waals surface area (Å²) in [5, 5.41) is 5.27. The van der Waals surface area contributed by atoms with Crippen LogP contribution >= 0.6 is 0 Å². The van der Waals surface area contributed by atoms with Crippen LogP contribution in [0.3, 0.4) is 0 Å². The summed E-state index contributed by atoms with van der Waals surface area (Å²) in [6, 6.07) is 15.7. The fraction of sp³-hybridized carbons (Fsp3) is 0.192. The summed E-state index contributed by atoms with van der Waals surface area (Å²) in [4.78, 5) is 40.1. The molecule has 34 heavy (non-hydrogen) atoms. The average Bonchev–Trinajstić information content (AvgIpc) is 2.88. The van der Waals surface area contributed by atoms with Crippen molar-refractivity contribution < 1.29 is 23.2 Å². The minimum atomic E-state index is -0.984. The highest BCUT2D eigenvalue weighted by Gasteiger charge is 2.34. The molecule has 3 aromatic carbocycles. The molecule has 1 aliphatic rings. The van der Waals surface area contributed by atoms with Crippen molar-refractivity contribution in [3.63, 3.8) is 0 Å². The molecule has 0 radical (unpaired) electrons. The van der Waals surface area contributed by atoms with Gasteiger partial charge in [-0.25, -0.2) is 8.78 Å². The lowest BCUT2D eigenvalue weighted by atomic mass is 9.95. The molecule has 0 aliphatic carbocycles. The number of benzene rings is 3. The van der Waals surface area contributed by atoms with Gasteiger partial charge in [-0.3, -0.25) is 14.4 Å². The van der Waals surface area contributed by atoms with Crippen LogP contribution in [0.4, 0.5) is 14.5 Å². The first-order valence-corrected chi connectivity index (χ1v) is 10.7. The molecular weight excluding hydrogens is 440 g/mol. The van der Waals surface area contributed by atoms with Crippen LogP contribution in [-0.4, -0.2) is 30.8 Å². The van der Waals surface area contributed by atoms with Gasteiger partial charge in [-0.15, -0.1) is 0 Å². The number of carbonyl (C=O) groups excluding carboxylic acids is 3. The van der Waals surface area contributed by atoms with Crippen LogP contribution in [-0.2, 0) is 20.8 Å². The van der Waals surface area contributed by atoms with Crippen molar-refractivity contribution in [1.82, 2.24) is 10.6 Å². The van der Waals surface area contributed by atoms with Crippen molar-refractivity contribution >= 4 is 23.4 Å². The Bertz CT molecular complexity index is 1260. The standard InChI is InChI=1S/C26H23F2N3O3/c1-15(29-23(32)13-16-11-17(27)14-18(28)12-16)25(33)30-24-21-9-4-3-7-19(21)20-8-5-6-10-22(20)31(2)26(24)34/h3-12,14-15,24H,13H2,1-2H3,(H,29,32)(H,30,33). The maximum atomic E-state index is 13.4. The van der Waals surface area contributed by atoms with E-state index < -0.39 is 35.5 Å². The number of nitrogens with one attached hydrogen (secondary N) is 2. The number of hydrogen-bond acceptors (Lipinski definition) is 3. The Kier molecular flexibility index (Phi) is 6.40. The molecule has 2 atom stereocenters. The third kappa shape index (κ3) is 4.66. The van der Waals surface area contributed by atoms with Crippen molar-refractivity contribution in [1.29, 1.82) is 0 Å². The molecule has 8 heteroatoms. The quantitative estimate of drug-likeness (QED) is 0.608. The molecule has 0 bridgehead atoms. The summed E-state index contributed by atoms with van der Waals surface area (Å²) in [5.74, 6) is -3.04. The summed E-state index contributed by atoms with van der Waals surface area (Å²) in [7, 11) is 1.65. The topological polar surface area (TPSA) is 78.5 Å². The Labute approximate surface area is 195 Å². The van der Waals surface area contributed by atoms with E-state index in [1.165, 1.54) is 11.8 Å². The molecule has 0 saturated carbocycles. The maximum absolute atomic E-state index is 13.4. The number of amides is 3. The Morgan fingerprint density at radius 3 is 2.29 bits per heavy atom. The number of anilines is 1. The molecule has 4 rings (SSSR count). The van der Waals surface area contributed by atoms with E-state index >= 15 is 0 Å². The number of halogens is 2. The van der Waals surface area contributed by atoms with Gasteiger partial charge in [0.1, 0.15) is 23.7 Å². The molecule has 0 saturated heterocycles. The Morgan fingerprint density at radius 2 is 1.59 bits per heavy atom. The molecule has 0 fully saturated rings. The van der Waals surface area contributed by atoms with Gasteiger partial charge in [0, 0.05) is 18.7 Å². The zero-order chi connectivity index (χ0) is 24.4. The zero-order valence-electron chi connectivity index (χ0n) is 18.6. The minimum absolute atomic E-state index is 0.148. The second kappa shape index (κ2) is 9.43. The maximum Gasteiger partial charge on any atom is 0.253 e. The normalized spacial score (nSPS) is 15.6. The predicted octanol–water partition coefficient (Wildman–Crippen LogP) is 3.51. The predicted molar refractivity (Wildman–Crippen MR) is 124 cm³/mol. The number of hydrogen-bond donors (Lipinski definition) is 2. The van der Waals surface area contributed by atoms with Gasteiger partial charge in [0.05, 0.1) is 12.1 Å². The van der Waals surface area contributed by atoms with Gasteiger partial charge in [0.2, 0.25) is 11.8 Å². The SMILES string of the molecule is CC(NC(=O)Cc1cc(F)cc(F)c1)C(=O)NC1C(=O)N(C)c2ccccc2-c2ccccc21. The van der Waals surface area contributed by atoms with E-state index in [1.54, 1.807) is 19.2 Å². The molecule has 1 heterocycles. The van der Waals surface area contributed by atoms with Crippen LogP contribution in [0.15, 0.2) is 66.7 Å². The molecule has 174 valence electrons. The van der Waals surface area contributed by atoms with Crippen LogP contribution in [0.2, 0.25) is 0 Å². The number of likely N-dealkylation sites (N-methyl/N-ethyl adjacent to an activating group) is 1. The van der Waals surface area contributed by atoms with E-state index in [4.69, 9.17) is 0 Å². The number of para-hydroxylation sites is 1. The summed E-state index contributed by atoms with van der Waals surface area (Å²) in [6.45, 7) is 1.48. The smallest absolute Gasteiger partial charge is 0.253 e. The molecule has 2 N–H and O–H groups in total. The van der Waals surface area contributed by atoms with Crippen molar-refractivity contribution in [2.75, 3.05) is 11.9 Å². The first-order valence-electron chi connectivity index (χ1n) is 10.7. The van der Waals surface area contributed by atoms with Gasteiger partial charge in [-0.05, 0) is 41.8 Å². The van der Waals surface area contributed by atoms with Gasteiger partial charge < -0.3 is 15.5 Å². The molecule has 1 aliphatic heterocycles. The van der Waals surface area contributed by atoms with E-state index in [2.05, 4.69) is 10.6 Å². The van der Waals surface area contributed by atoms with Crippen molar-refractivity contribution in [2.45, 2.75) is 25.4 Å². The van der Waals surface area contributed by atoms with E-state index in [0.29, 0.717) is 11.6 Å². The molecule has 3 amide bonds. The lowest BCUT2D eigenvalue weighted by Crippen LogP contribution is -2.49. The van der Waals surface area contributed by atoms with E-state index in [0.717, 1.165) is 28.9 Å². The Balaban J connectivity index is 1.52. The van der Waals surface area contributed by atoms with Gasteiger partial charge in [0.15, 0.2) is 0 Å². The highest BCUT2D eigenvalue weighted by atomic mass is 19.1. The molecule has 0 aromatic heterocycles. The Hall–Kier alpha value is -4.07. The van der Waals surface area contributed by atoms with Crippen LogP contribution < -0.4 is 15.5 Å². The monoisotopic (exact) mass is 463 g/mol. The fourth-order valence-electron chi connectivity index (χ4n) is 4.10. The first kappa shape index (κ1) is 23.1. The van der Waals surface area contributed by atoms with Crippen LogP contribution in [0.5, 0.6) is 0 Å². The second-order valence-corrected chi connectivity index (χ2v) is 8.19. The third-order valence-corrected chi connectivity index (χ3v) is 5.75. The molecular formula is C26H23F2N3O3. The van der Waals surface area contributed by atoms with E-state index in [-0.39, 0.29) is 17.9 Å². The van der Waals surface area contributed by atoms with Crippen molar-refractivity contribution in [3.05, 3.63) is 89.5 Å². The fourth-order valence-corrected chi connectivity index (χ4v) is 4.10. The summed E-state index contributed by atoms with van der Waals surface area (Å²) < 4.78 is 26.8. The first-order chi connectivity index (χ1) is 16.2. The number of rotatable bonds is 5. The number of fused-ring (bicyclic) bond motifs is 3. The molecule has 6 nitrogen and oxygen atoms in total. The minimum Gasteiger partial charge on any atom is -0.344 e. The summed E-state index contributed by atoms with van der Waals surface area (Å²) in [6.07, 6.45) is -0.296. The van der Waals surface area contributed by atoms with Crippen LogP contribution in [0.25, 0.3) is 11.1 Å². The van der Waals surface area contributed by atoms with Gasteiger partial charge in [-0.2, -0.15) is 0 Å². The second-order valence-electron chi connectivity index (χ2n) is 8.19. The lowest BCUT2D eigenvalue weighted by molar-refractivity contribution is -0.130. The largest absolute Gasteiger partial charge is 0.344 e. The third-order valence-electron chi connectivity index (χ3n) is 5.75. The van der Waals surface area contributed by atoms with E-state index in [9.17, 15) is 23.2 Å². The van der Waals surface area contributed by atoms with Gasteiger partial charge in [-0.1, -0.05) is 42.5 Å². The number of nitrogens with zero attached hydrogens (tertiary/aromatic N) is 1. The van der Waals surface area contributed by atoms with E-state index in [1.807, 2.05) is 36.4 Å². The summed E-state index contributed by atoms with van der Waals surface area (Å²) in [5.41, 5.74) is 3.21.